The van der Waals surface area contributed by atoms with E-state index in [1.165, 1.54) is 0 Å². The number of aromatic nitrogens is 2. The molecular weight excluding hydrogens is 324 g/mol. The van der Waals surface area contributed by atoms with Crippen LogP contribution >= 0.6 is 0 Å². The molecule has 0 bridgehead atoms. The summed E-state index contributed by atoms with van der Waals surface area (Å²) < 4.78 is 0. The van der Waals surface area contributed by atoms with Gasteiger partial charge < -0.3 is 4.90 Å². The van der Waals surface area contributed by atoms with Crippen LogP contribution in [0.25, 0.3) is 11.0 Å². The molecule has 0 saturated carbocycles. The van der Waals surface area contributed by atoms with Crippen molar-refractivity contribution >= 4 is 28.6 Å². The van der Waals surface area contributed by atoms with Crippen molar-refractivity contribution in [3.05, 3.63) is 59.2 Å². The van der Waals surface area contributed by atoms with E-state index >= 15 is 0 Å². The Hall–Kier alpha value is -2.95. The molecule has 0 spiro atoms. The van der Waals surface area contributed by atoms with E-state index in [1.807, 2.05) is 63.4 Å². The molecule has 2 aromatic carbocycles. The van der Waals surface area contributed by atoms with E-state index in [0.717, 1.165) is 46.5 Å². The van der Waals surface area contributed by atoms with Crippen molar-refractivity contribution in [3.8, 4) is 0 Å². The van der Waals surface area contributed by atoms with E-state index < -0.39 is 0 Å². The summed E-state index contributed by atoms with van der Waals surface area (Å²) in [5, 5.41) is 0. The van der Waals surface area contributed by atoms with Gasteiger partial charge in [0.2, 0.25) is 0 Å². The summed E-state index contributed by atoms with van der Waals surface area (Å²) in [5.41, 5.74) is 4.52. The number of anilines is 2. The zero-order chi connectivity index (χ0) is 18.3. The molecule has 26 heavy (non-hydrogen) atoms. The minimum atomic E-state index is -0.0105. The summed E-state index contributed by atoms with van der Waals surface area (Å²) >= 11 is 0. The van der Waals surface area contributed by atoms with Crippen LogP contribution in [0.2, 0.25) is 0 Å². The fourth-order valence-electron chi connectivity index (χ4n) is 3.49. The first-order chi connectivity index (χ1) is 12.5. The van der Waals surface area contributed by atoms with Crippen molar-refractivity contribution in [2.24, 2.45) is 0 Å². The quantitative estimate of drug-likeness (QED) is 0.674. The van der Waals surface area contributed by atoms with E-state index in [4.69, 9.17) is 9.97 Å². The minimum absolute atomic E-state index is 0.0105. The molecule has 5 heteroatoms. The summed E-state index contributed by atoms with van der Waals surface area (Å²) in [4.78, 5) is 26.8. The number of benzene rings is 2. The summed E-state index contributed by atoms with van der Waals surface area (Å²) in [6.07, 6.45) is 0.877. The Morgan fingerprint density at radius 1 is 0.962 bits per heavy atom. The number of carbonyl (C=O) groups excluding carboxylic acids is 1. The van der Waals surface area contributed by atoms with Gasteiger partial charge in [0, 0.05) is 25.7 Å². The summed E-state index contributed by atoms with van der Waals surface area (Å²) in [5.74, 6) is 1.40. The van der Waals surface area contributed by atoms with Gasteiger partial charge in [0.05, 0.1) is 11.0 Å². The molecule has 0 atom stereocenters. The van der Waals surface area contributed by atoms with Crippen molar-refractivity contribution in [1.82, 2.24) is 9.97 Å². The molecule has 132 valence electrons. The lowest BCUT2D eigenvalue weighted by Gasteiger charge is -2.23. The number of aryl methyl sites for hydroxylation is 2. The first kappa shape index (κ1) is 16.5. The Morgan fingerprint density at radius 3 is 2.35 bits per heavy atom. The number of rotatable bonds is 1. The van der Waals surface area contributed by atoms with E-state index in [2.05, 4.69) is 4.90 Å². The highest BCUT2D eigenvalue weighted by atomic mass is 16.2. The summed E-state index contributed by atoms with van der Waals surface area (Å²) in [6.45, 7) is 5.50. The molecular formula is C21H22N4O. The summed E-state index contributed by atoms with van der Waals surface area (Å²) in [6, 6.07) is 13.7. The van der Waals surface area contributed by atoms with Gasteiger partial charge in [-0.15, -0.1) is 0 Å². The maximum Gasteiger partial charge on any atom is 0.259 e. The molecule has 1 aliphatic heterocycles. The van der Waals surface area contributed by atoms with Gasteiger partial charge in [-0.05, 0) is 44.0 Å². The Bertz CT molecular complexity index is 998. The average molecular weight is 346 g/mol. The third-order valence-electron chi connectivity index (χ3n) is 4.88. The molecule has 1 amide bonds. The van der Waals surface area contributed by atoms with Gasteiger partial charge in [0.25, 0.3) is 5.91 Å². The zero-order valence-corrected chi connectivity index (χ0v) is 15.4. The number of hydrogen-bond donors (Lipinski definition) is 0. The second kappa shape index (κ2) is 6.41. The normalized spacial score (nSPS) is 14.3. The molecule has 0 aliphatic carbocycles. The molecule has 0 unspecified atom stereocenters. The number of carbonyl (C=O) groups is 1. The maximum atomic E-state index is 13.3. The van der Waals surface area contributed by atoms with Crippen LogP contribution in [0.4, 0.5) is 11.6 Å². The lowest BCUT2D eigenvalue weighted by atomic mass is 10.0. The monoisotopic (exact) mass is 346 g/mol. The minimum Gasteiger partial charge on any atom is -0.357 e. The van der Waals surface area contributed by atoms with Crippen LogP contribution in [0.15, 0.2) is 42.5 Å². The number of fused-ring (bicyclic) bond motifs is 2. The van der Waals surface area contributed by atoms with E-state index in [9.17, 15) is 4.79 Å². The highest BCUT2D eigenvalue weighted by molar-refractivity contribution is 6.08. The van der Waals surface area contributed by atoms with Gasteiger partial charge in [0.15, 0.2) is 11.6 Å². The first-order valence-electron chi connectivity index (χ1n) is 8.91. The van der Waals surface area contributed by atoms with Crippen LogP contribution in [-0.2, 0) is 0 Å². The molecule has 0 radical (unpaired) electrons. The van der Waals surface area contributed by atoms with Crippen LogP contribution in [0.5, 0.6) is 0 Å². The number of hydrogen-bond acceptors (Lipinski definition) is 4. The Labute approximate surface area is 153 Å². The highest BCUT2D eigenvalue weighted by Gasteiger charge is 2.28. The summed E-state index contributed by atoms with van der Waals surface area (Å²) in [7, 11) is 2.01. The van der Waals surface area contributed by atoms with Crippen LogP contribution in [0.1, 0.15) is 27.9 Å². The van der Waals surface area contributed by atoms with Gasteiger partial charge in [-0.3, -0.25) is 9.69 Å². The number of nitrogens with zero attached hydrogens (tertiary/aromatic N) is 4. The van der Waals surface area contributed by atoms with Gasteiger partial charge in [-0.2, -0.15) is 0 Å². The van der Waals surface area contributed by atoms with Crippen LogP contribution in [0, 0.1) is 13.8 Å². The number of amides is 1. The fraction of sp³-hybridized carbons (Fsp3) is 0.286. The van der Waals surface area contributed by atoms with Gasteiger partial charge in [0.1, 0.15) is 0 Å². The Kier molecular flexibility index (Phi) is 4.07. The molecule has 0 N–H and O–H groups in total. The highest BCUT2D eigenvalue weighted by Crippen LogP contribution is 2.31. The second-order valence-corrected chi connectivity index (χ2v) is 6.91. The lowest BCUT2D eigenvalue weighted by molar-refractivity contribution is 0.0986. The van der Waals surface area contributed by atoms with E-state index in [1.54, 1.807) is 4.90 Å². The van der Waals surface area contributed by atoms with E-state index in [-0.39, 0.29) is 5.91 Å². The molecule has 2 heterocycles. The Balaban J connectivity index is 1.86. The molecule has 1 aromatic heterocycles. The van der Waals surface area contributed by atoms with Crippen molar-refractivity contribution in [3.63, 3.8) is 0 Å². The molecule has 3 aromatic rings. The van der Waals surface area contributed by atoms with Gasteiger partial charge in [-0.1, -0.05) is 29.8 Å². The van der Waals surface area contributed by atoms with Crippen molar-refractivity contribution in [2.45, 2.75) is 20.3 Å². The Morgan fingerprint density at radius 2 is 1.65 bits per heavy atom. The van der Waals surface area contributed by atoms with Gasteiger partial charge in [-0.25, -0.2) is 9.97 Å². The molecule has 4 rings (SSSR count). The van der Waals surface area contributed by atoms with Gasteiger partial charge >= 0.3 is 0 Å². The van der Waals surface area contributed by atoms with Crippen molar-refractivity contribution in [2.75, 3.05) is 29.9 Å². The molecule has 0 saturated heterocycles. The maximum absolute atomic E-state index is 13.3. The fourth-order valence-corrected chi connectivity index (χ4v) is 3.49. The largest absolute Gasteiger partial charge is 0.357 e. The standard InChI is InChI=1S/C21H22N4O/c1-14-9-10-16(15(2)13-14)21(26)25-12-6-11-24(3)19-20(25)23-18-8-5-4-7-17(18)22-19/h4-5,7-10,13H,6,11-12H2,1-3H3. The third kappa shape index (κ3) is 2.79. The van der Waals surface area contributed by atoms with Crippen LogP contribution in [0.3, 0.4) is 0 Å². The molecule has 0 fully saturated rings. The first-order valence-corrected chi connectivity index (χ1v) is 8.91. The third-order valence-corrected chi connectivity index (χ3v) is 4.88. The van der Waals surface area contributed by atoms with Crippen molar-refractivity contribution < 1.29 is 4.79 Å². The predicted octanol–water partition coefficient (Wildman–Crippen LogP) is 3.73. The second-order valence-electron chi connectivity index (χ2n) is 6.91. The van der Waals surface area contributed by atoms with Crippen molar-refractivity contribution in [1.29, 1.82) is 0 Å². The van der Waals surface area contributed by atoms with Crippen LogP contribution in [-0.4, -0.2) is 36.0 Å². The molecule has 1 aliphatic rings. The smallest absolute Gasteiger partial charge is 0.259 e. The van der Waals surface area contributed by atoms with Crippen LogP contribution < -0.4 is 9.80 Å². The SMILES string of the molecule is Cc1ccc(C(=O)N2CCCN(C)c3nc4ccccc4nc32)c(C)c1. The zero-order valence-electron chi connectivity index (χ0n) is 15.4. The topological polar surface area (TPSA) is 49.3 Å². The number of para-hydroxylation sites is 2. The van der Waals surface area contributed by atoms with E-state index in [0.29, 0.717) is 12.4 Å². The predicted molar refractivity (Wildman–Crippen MR) is 105 cm³/mol. The average Bonchev–Trinajstić information content (AvgIpc) is 2.78. The molecule has 5 nitrogen and oxygen atoms in total. The lowest BCUT2D eigenvalue weighted by Crippen LogP contribution is -2.33.